The van der Waals surface area contributed by atoms with E-state index in [1.807, 2.05) is 0 Å². The third-order valence-electron chi connectivity index (χ3n) is 4.49. The van der Waals surface area contributed by atoms with Crippen molar-refractivity contribution >= 4 is 39.8 Å². The van der Waals surface area contributed by atoms with Gasteiger partial charge >= 0.3 is 5.97 Å². The second-order valence-electron chi connectivity index (χ2n) is 5.99. The Labute approximate surface area is 149 Å². The Hall–Kier alpha value is -1.85. The van der Waals surface area contributed by atoms with Gasteiger partial charge in [0.05, 0.1) is 5.56 Å². The van der Waals surface area contributed by atoms with Gasteiger partial charge in [0.1, 0.15) is 5.00 Å². The molecule has 0 saturated heterocycles. The molecule has 126 valence electrons. The number of carboxylic acid groups (broad SMARTS) is 1. The van der Waals surface area contributed by atoms with Crippen molar-refractivity contribution in [3.05, 3.63) is 50.9 Å². The van der Waals surface area contributed by atoms with E-state index in [4.69, 9.17) is 11.6 Å². The molecule has 0 fully saturated rings. The van der Waals surface area contributed by atoms with Crippen molar-refractivity contribution in [3.8, 4) is 0 Å². The first-order valence-corrected chi connectivity index (χ1v) is 9.13. The number of benzene rings is 1. The number of hydrogen-bond donors (Lipinski definition) is 2. The molecule has 0 radical (unpaired) electrons. The molecule has 2 aromatic rings. The number of aromatic carboxylic acids is 1. The van der Waals surface area contributed by atoms with Gasteiger partial charge in [-0.15, -0.1) is 11.3 Å². The fraction of sp³-hybridized carbons (Fsp3) is 0.333. The first kappa shape index (κ1) is 17.0. The van der Waals surface area contributed by atoms with E-state index in [-0.39, 0.29) is 11.5 Å². The third-order valence-corrected chi connectivity index (χ3v) is 5.91. The lowest BCUT2D eigenvalue weighted by atomic mass is 9.86. The molecule has 2 N–H and O–H groups in total. The summed E-state index contributed by atoms with van der Waals surface area (Å²) in [6, 6.07) is 6.53. The molecule has 1 aromatic heterocycles. The molecule has 0 unspecified atom stereocenters. The van der Waals surface area contributed by atoms with Crippen LogP contribution in [0.15, 0.2) is 24.3 Å². The summed E-state index contributed by atoms with van der Waals surface area (Å²) in [5.41, 5.74) is 1.60. The van der Waals surface area contributed by atoms with E-state index in [0.717, 1.165) is 36.1 Å². The summed E-state index contributed by atoms with van der Waals surface area (Å²) in [4.78, 5) is 25.2. The van der Waals surface area contributed by atoms with Crippen LogP contribution in [0.2, 0.25) is 5.02 Å². The van der Waals surface area contributed by atoms with Crippen molar-refractivity contribution in [1.82, 2.24) is 0 Å². The Morgan fingerprint density at radius 1 is 1.33 bits per heavy atom. The van der Waals surface area contributed by atoms with E-state index in [9.17, 15) is 14.7 Å². The summed E-state index contributed by atoms with van der Waals surface area (Å²) in [6.45, 7) is 2.16. The van der Waals surface area contributed by atoms with Crippen LogP contribution in [0.3, 0.4) is 0 Å². The highest BCUT2D eigenvalue weighted by molar-refractivity contribution is 7.17. The molecule has 0 aliphatic heterocycles. The highest BCUT2D eigenvalue weighted by Gasteiger charge is 2.29. The molecule has 1 aliphatic rings. The molecular weight excluding hydrogens is 346 g/mol. The number of anilines is 1. The zero-order valence-corrected chi connectivity index (χ0v) is 14.8. The van der Waals surface area contributed by atoms with Crippen LogP contribution in [0.5, 0.6) is 0 Å². The molecule has 0 saturated carbocycles. The minimum atomic E-state index is -0.978. The lowest BCUT2D eigenvalue weighted by molar-refractivity contribution is 0.0697. The zero-order valence-electron chi connectivity index (χ0n) is 13.3. The zero-order chi connectivity index (χ0) is 17.3. The largest absolute Gasteiger partial charge is 0.478 e. The Kier molecular flexibility index (Phi) is 4.92. The molecule has 0 spiro atoms. The summed E-state index contributed by atoms with van der Waals surface area (Å²) in [5, 5.41) is 13.4. The molecule has 6 heteroatoms. The van der Waals surface area contributed by atoms with Crippen LogP contribution >= 0.6 is 22.9 Å². The van der Waals surface area contributed by atoms with Gasteiger partial charge in [-0.05, 0) is 55.0 Å². The molecule has 0 bridgehead atoms. The summed E-state index contributed by atoms with van der Waals surface area (Å²) < 4.78 is 0. The highest BCUT2D eigenvalue weighted by atomic mass is 35.5. The average molecular weight is 364 g/mol. The van der Waals surface area contributed by atoms with Gasteiger partial charge in [0.25, 0.3) is 5.91 Å². The second-order valence-corrected chi connectivity index (χ2v) is 7.53. The molecule has 1 atom stereocenters. The normalized spacial score (nSPS) is 16.5. The maximum atomic E-state index is 12.4. The number of fused-ring (bicyclic) bond motifs is 1. The predicted molar refractivity (Wildman–Crippen MR) is 96.5 cm³/mol. The van der Waals surface area contributed by atoms with Gasteiger partial charge in [-0.25, -0.2) is 4.79 Å². The fourth-order valence-electron chi connectivity index (χ4n) is 3.09. The van der Waals surface area contributed by atoms with Crippen LogP contribution in [-0.4, -0.2) is 17.0 Å². The van der Waals surface area contributed by atoms with Crippen LogP contribution < -0.4 is 5.32 Å². The number of nitrogens with one attached hydrogen (secondary N) is 1. The minimum absolute atomic E-state index is 0.256. The second kappa shape index (κ2) is 6.95. The van der Waals surface area contributed by atoms with Crippen molar-refractivity contribution in [2.24, 2.45) is 5.92 Å². The molecule has 4 nitrogen and oxygen atoms in total. The Balaban J connectivity index is 1.90. The molecule has 1 aliphatic carbocycles. The molecule has 1 heterocycles. The lowest BCUT2D eigenvalue weighted by Gasteiger charge is -2.20. The van der Waals surface area contributed by atoms with Crippen molar-refractivity contribution in [1.29, 1.82) is 0 Å². The van der Waals surface area contributed by atoms with Crippen molar-refractivity contribution in [2.75, 3.05) is 5.32 Å². The molecule has 3 rings (SSSR count). The van der Waals surface area contributed by atoms with Crippen LogP contribution in [0, 0.1) is 5.92 Å². The van der Waals surface area contributed by atoms with Gasteiger partial charge in [-0.1, -0.05) is 24.9 Å². The Morgan fingerprint density at radius 2 is 2.04 bits per heavy atom. The van der Waals surface area contributed by atoms with E-state index in [1.165, 1.54) is 11.3 Å². The highest BCUT2D eigenvalue weighted by Crippen LogP contribution is 2.40. The number of rotatable bonds is 4. The van der Waals surface area contributed by atoms with E-state index in [2.05, 4.69) is 12.2 Å². The summed E-state index contributed by atoms with van der Waals surface area (Å²) in [6.07, 6.45) is 3.76. The maximum Gasteiger partial charge on any atom is 0.339 e. The van der Waals surface area contributed by atoms with Crippen LogP contribution in [0.4, 0.5) is 5.00 Å². The quantitative estimate of drug-likeness (QED) is 0.814. The Morgan fingerprint density at radius 3 is 2.67 bits per heavy atom. The molecule has 24 heavy (non-hydrogen) atoms. The van der Waals surface area contributed by atoms with Gasteiger partial charge in [0.2, 0.25) is 0 Å². The number of amides is 1. The standard InChI is InChI=1S/C18H18ClNO3S/c1-2-10-3-8-13-14(9-10)24-17(15(13)18(22)23)20-16(21)11-4-6-12(19)7-5-11/h4-7,10H,2-3,8-9H2,1H3,(H,20,21)(H,22,23)/t10-/m0/s1. The average Bonchev–Trinajstić information content (AvgIpc) is 2.92. The predicted octanol–water partition coefficient (Wildman–Crippen LogP) is 4.87. The number of carbonyl (C=O) groups excluding carboxylic acids is 1. The number of hydrogen-bond acceptors (Lipinski definition) is 3. The number of halogens is 1. The van der Waals surface area contributed by atoms with Gasteiger partial charge < -0.3 is 10.4 Å². The monoisotopic (exact) mass is 363 g/mol. The number of thiophene rings is 1. The summed E-state index contributed by atoms with van der Waals surface area (Å²) >= 11 is 7.23. The van der Waals surface area contributed by atoms with Gasteiger partial charge in [0.15, 0.2) is 0 Å². The van der Waals surface area contributed by atoms with Crippen LogP contribution in [-0.2, 0) is 12.8 Å². The molecular formula is C18H18ClNO3S. The third kappa shape index (κ3) is 3.32. The first-order chi connectivity index (χ1) is 11.5. The molecule has 1 amide bonds. The SMILES string of the molecule is CC[C@H]1CCc2c(sc(NC(=O)c3ccc(Cl)cc3)c2C(=O)O)C1. The van der Waals surface area contributed by atoms with E-state index in [1.54, 1.807) is 24.3 Å². The van der Waals surface area contributed by atoms with Crippen molar-refractivity contribution in [2.45, 2.75) is 32.6 Å². The Bertz CT molecular complexity index is 782. The maximum absolute atomic E-state index is 12.4. The topological polar surface area (TPSA) is 66.4 Å². The lowest BCUT2D eigenvalue weighted by Crippen LogP contribution is -2.15. The number of carbonyl (C=O) groups is 2. The number of carboxylic acids is 1. The van der Waals surface area contributed by atoms with Crippen molar-refractivity contribution in [3.63, 3.8) is 0 Å². The van der Waals surface area contributed by atoms with E-state index < -0.39 is 5.97 Å². The van der Waals surface area contributed by atoms with E-state index >= 15 is 0 Å². The molecule has 1 aromatic carbocycles. The summed E-state index contributed by atoms with van der Waals surface area (Å²) in [7, 11) is 0. The summed E-state index contributed by atoms with van der Waals surface area (Å²) in [5.74, 6) is -0.703. The van der Waals surface area contributed by atoms with Crippen LogP contribution in [0.25, 0.3) is 0 Å². The van der Waals surface area contributed by atoms with Crippen LogP contribution in [0.1, 0.15) is 50.9 Å². The smallest absolute Gasteiger partial charge is 0.339 e. The fourth-order valence-corrected chi connectivity index (χ4v) is 4.57. The first-order valence-electron chi connectivity index (χ1n) is 7.94. The minimum Gasteiger partial charge on any atom is -0.478 e. The van der Waals surface area contributed by atoms with E-state index in [0.29, 0.717) is 21.5 Å². The van der Waals surface area contributed by atoms with Gasteiger partial charge in [0, 0.05) is 15.5 Å². The van der Waals surface area contributed by atoms with Gasteiger partial charge in [-0.2, -0.15) is 0 Å². The van der Waals surface area contributed by atoms with Crippen molar-refractivity contribution < 1.29 is 14.7 Å². The van der Waals surface area contributed by atoms with Gasteiger partial charge in [-0.3, -0.25) is 4.79 Å².